The Morgan fingerprint density at radius 3 is 2.28 bits per heavy atom. The molecule has 2 rings (SSSR count). The van der Waals surface area contributed by atoms with E-state index in [1.54, 1.807) is 0 Å². The average Bonchev–Trinajstić information content (AvgIpc) is 2.63. The average molecular weight is 585 g/mol. The monoisotopic (exact) mass is 585 g/mol. The number of β-amino-alcohol motifs (C(OH)–C–C–N with tert-alkyl or cyclic N) is 2. The number of amides is 1. The molecule has 1 aliphatic heterocycles. The van der Waals surface area contributed by atoms with Crippen LogP contribution in [0.3, 0.4) is 0 Å². The van der Waals surface area contributed by atoms with Gasteiger partial charge in [0.2, 0.25) is 0 Å². The fourth-order valence-corrected chi connectivity index (χ4v) is 4.20. The molecule has 0 spiro atoms. The number of likely N-dealkylation sites (tertiary alicyclic amines) is 1. The molecule has 1 saturated heterocycles. The number of rotatable bonds is 1. The third-order valence-electron chi connectivity index (χ3n) is 2.77. The highest BCUT2D eigenvalue weighted by Crippen LogP contribution is 2.25. The molecule has 2 atom stereocenters. The number of hydrogen-bond acceptors (Lipinski definition) is 3. The van der Waals surface area contributed by atoms with E-state index in [9.17, 15) is 15.0 Å². The lowest BCUT2D eigenvalue weighted by atomic mass is 10.2. The van der Waals surface area contributed by atoms with Gasteiger partial charge in [0.25, 0.3) is 5.91 Å². The molecule has 1 aromatic carbocycles. The Kier molecular flexibility index (Phi) is 5.11. The van der Waals surface area contributed by atoms with Crippen molar-refractivity contribution in [2.75, 3.05) is 13.1 Å². The molecule has 0 bridgehead atoms. The highest BCUT2D eigenvalue weighted by molar-refractivity contribution is 14.1. The summed E-state index contributed by atoms with van der Waals surface area (Å²) in [5.41, 5.74) is 0.633. The number of aliphatic hydroxyl groups is 2. The maximum absolute atomic E-state index is 12.4. The minimum atomic E-state index is -0.839. The molecule has 0 aromatic heterocycles. The number of aliphatic hydroxyl groups excluding tert-OH is 2. The van der Waals surface area contributed by atoms with Crippen molar-refractivity contribution in [2.24, 2.45) is 0 Å². The number of carbonyl (C=O) groups is 1. The van der Waals surface area contributed by atoms with E-state index < -0.39 is 12.2 Å². The summed E-state index contributed by atoms with van der Waals surface area (Å²) in [6.45, 7) is 0.385. The van der Waals surface area contributed by atoms with E-state index in [2.05, 4.69) is 67.8 Å². The maximum Gasteiger partial charge on any atom is 0.255 e. The van der Waals surface area contributed by atoms with Crippen molar-refractivity contribution < 1.29 is 15.0 Å². The second-order valence-electron chi connectivity index (χ2n) is 4.09. The molecule has 7 heteroatoms. The Morgan fingerprint density at radius 2 is 1.72 bits per heavy atom. The molecular formula is C11H10I3NO3. The summed E-state index contributed by atoms with van der Waals surface area (Å²) in [6.07, 6.45) is -1.68. The molecule has 2 N–H and O–H groups in total. The first-order chi connectivity index (χ1) is 8.40. The Balaban J connectivity index is 2.30. The lowest BCUT2D eigenvalue weighted by Gasteiger charge is -2.17. The van der Waals surface area contributed by atoms with Gasteiger partial charge in [-0.1, -0.05) is 0 Å². The van der Waals surface area contributed by atoms with Gasteiger partial charge in [0.1, 0.15) is 0 Å². The Morgan fingerprint density at radius 1 is 1.17 bits per heavy atom. The highest BCUT2D eigenvalue weighted by atomic mass is 127. The Labute approximate surface area is 146 Å². The zero-order chi connectivity index (χ0) is 13.4. The van der Waals surface area contributed by atoms with E-state index in [0.717, 1.165) is 10.7 Å². The van der Waals surface area contributed by atoms with Gasteiger partial charge >= 0.3 is 0 Å². The van der Waals surface area contributed by atoms with E-state index in [1.807, 2.05) is 12.1 Å². The number of halogens is 3. The van der Waals surface area contributed by atoms with Gasteiger partial charge in [-0.2, -0.15) is 0 Å². The van der Waals surface area contributed by atoms with Crippen LogP contribution in [-0.2, 0) is 0 Å². The summed E-state index contributed by atoms with van der Waals surface area (Å²) in [5, 5.41) is 19.0. The van der Waals surface area contributed by atoms with Crippen LogP contribution >= 0.6 is 67.8 Å². The van der Waals surface area contributed by atoms with Gasteiger partial charge in [0.05, 0.1) is 17.8 Å². The summed E-state index contributed by atoms with van der Waals surface area (Å²) < 4.78 is 2.94. The lowest BCUT2D eigenvalue weighted by Crippen LogP contribution is -2.30. The number of benzene rings is 1. The molecule has 98 valence electrons. The molecule has 1 amide bonds. The van der Waals surface area contributed by atoms with Crippen LogP contribution in [0.2, 0.25) is 0 Å². The van der Waals surface area contributed by atoms with E-state index in [4.69, 9.17) is 0 Å². The van der Waals surface area contributed by atoms with E-state index >= 15 is 0 Å². The zero-order valence-corrected chi connectivity index (χ0v) is 15.6. The largest absolute Gasteiger partial charge is 0.388 e. The van der Waals surface area contributed by atoms with Crippen LogP contribution in [0.4, 0.5) is 0 Å². The van der Waals surface area contributed by atoms with Crippen molar-refractivity contribution in [1.82, 2.24) is 4.90 Å². The molecule has 2 unspecified atom stereocenters. The van der Waals surface area contributed by atoms with Crippen molar-refractivity contribution >= 4 is 73.7 Å². The van der Waals surface area contributed by atoms with Gasteiger partial charge in [-0.3, -0.25) is 4.79 Å². The van der Waals surface area contributed by atoms with E-state index in [1.165, 1.54) is 4.90 Å². The van der Waals surface area contributed by atoms with Gasteiger partial charge < -0.3 is 15.1 Å². The number of carbonyl (C=O) groups excluding carboxylic acids is 1. The fourth-order valence-electron chi connectivity index (χ4n) is 1.82. The molecule has 0 saturated carbocycles. The maximum atomic E-state index is 12.4. The number of nitrogens with zero attached hydrogens (tertiary/aromatic N) is 1. The second-order valence-corrected chi connectivity index (χ2v) is 7.58. The van der Waals surface area contributed by atoms with Crippen molar-refractivity contribution in [1.29, 1.82) is 0 Å². The van der Waals surface area contributed by atoms with Crippen LogP contribution in [0.25, 0.3) is 0 Å². The first-order valence-corrected chi connectivity index (χ1v) is 8.43. The molecule has 1 aromatic rings. The van der Waals surface area contributed by atoms with Crippen LogP contribution in [0.15, 0.2) is 12.1 Å². The molecular weight excluding hydrogens is 575 g/mol. The summed E-state index contributed by atoms with van der Waals surface area (Å²) in [6, 6.07) is 3.84. The van der Waals surface area contributed by atoms with Crippen LogP contribution < -0.4 is 0 Å². The minimum absolute atomic E-state index is 0.133. The Hall–Kier alpha value is 0.800. The van der Waals surface area contributed by atoms with Crippen molar-refractivity contribution in [2.45, 2.75) is 12.2 Å². The van der Waals surface area contributed by atoms with E-state index in [0.29, 0.717) is 5.56 Å². The van der Waals surface area contributed by atoms with Gasteiger partial charge in [0.15, 0.2) is 0 Å². The number of hydrogen-bond donors (Lipinski definition) is 2. The van der Waals surface area contributed by atoms with Gasteiger partial charge in [-0.05, 0) is 79.9 Å². The summed E-state index contributed by atoms with van der Waals surface area (Å²) in [7, 11) is 0. The standard InChI is InChI=1S/C11H10I3NO3/c12-5-1-6(10(14)7(13)2-5)11(18)15-3-8(16)9(17)4-15/h1-2,8-9,16-17H,3-4H2. The summed E-state index contributed by atoms with van der Waals surface area (Å²) in [4.78, 5) is 13.9. The molecule has 1 aliphatic rings. The van der Waals surface area contributed by atoms with Crippen LogP contribution in [0.1, 0.15) is 10.4 Å². The second kappa shape index (κ2) is 6.06. The van der Waals surface area contributed by atoms with Gasteiger partial charge in [-0.25, -0.2) is 0 Å². The Bertz CT molecular complexity index is 485. The minimum Gasteiger partial charge on any atom is -0.388 e. The van der Waals surface area contributed by atoms with Crippen molar-refractivity contribution in [3.8, 4) is 0 Å². The molecule has 1 fully saturated rings. The predicted molar refractivity (Wildman–Crippen MR) is 92.5 cm³/mol. The molecule has 0 radical (unpaired) electrons. The van der Waals surface area contributed by atoms with Crippen molar-refractivity contribution in [3.63, 3.8) is 0 Å². The van der Waals surface area contributed by atoms with Gasteiger partial charge in [-0.15, -0.1) is 0 Å². The fraction of sp³-hybridized carbons (Fsp3) is 0.364. The molecule has 1 heterocycles. The summed E-state index contributed by atoms with van der Waals surface area (Å²) >= 11 is 6.52. The topological polar surface area (TPSA) is 60.8 Å². The van der Waals surface area contributed by atoms with Crippen molar-refractivity contribution in [3.05, 3.63) is 28.4 Å². The van der Waals surface area contributed by atoms with Crippen LogP contribution in [0.5, 0.6) is 0 Å². The zero-order valence-electron chi connectivity index (χ0n) is 9.11. The summed E-state index contributed by atoms with van der Waals surface area (Å²) in [5.74, 6) is -0.133. The SMILES string of the molecule is O=C(c1cc(I)cc(I)c1I)N1CC(O)C(O)C1. The van der Waals surface area contributed by atoms with Crippen LogP contribution in [0, 0.1) is 10.7 Å². The normalized spacial score (nSPS) is 23.5. The quantitative estimate of drug-likeness (QED) is 0.390. The first kappa shape index (κ1) is 15.2. The van der Waals surface area contributed by atoms with Crippen LogP contribution in [-0.4, -0.2) is 46.3 Å². The third-order valence-corrected chi connectivity index (χ3v) is 6.44. The van der Waals surface area contributed by atoms with E-state index in [-0.39, 0.29) is 19.0 Å². The third kappa shape index (κ3) is 3.10. The molecule has 18 heavy (non-hydrogen) atoms. The van der Waals surface area contributed by atoms with Gasteiger partial charge in [0, 0.05) is 23.8 Å². The first-order valence-electron chi connectivity index (χ1n) is 5.20. The predicted octanol–water partition coefficient (Wildman–Crippen LogP) is 1.68. The molecule has 0 aliphatic carbocycles. The smallest absolute Gasteiger partial charge is 0.255 e. The lowest BCUT2D eigenvalue weighted by molar-refractivity contribution is 0.0572. The highest BCUT2D eigenvalue weighted by Gasteiger charge is 2.33. The molecule has 4 nitrogen and oxygen atoms in total.